The van der Waals surface area contributed by atoms with Crippen LogP contribution in [0.3, 0.4) is 0 Å². The summed E-state index contributed by atoms with van der Waals surface area (Å²) in [5.74, 6) is -3.14. The van der Waals surface area contributed by atoms with E-state index in [-0.39, 0.29) is 6.42 Å². The lowest BCUT2D eigenvalue weighted by molar-refractivity contribution is -0.159. The van der Waals surface area contributed by atoms with Crippen LogP contribution in [-0.4, -0.2) is 59.4 Å². The molecule has 3 rings (SSSR count). The van der Waals surface area contributed by atoms with E-state index in [0.717, 1.165) is 10.5 Å². The number of benzene rings is 1. The number of fused-ring (bicyclic) bond motifs is 1. The lowest BCUT2D eigenvalue weighted by Gasteiger charge is -2.42. The van der Waals surface area contributed by atoms with Crippen LogP contribution >= 0.6 is 0 Å². The van der Waals surface area contributed by atoms with E-state index in [9.17, 15) is 22.8 Å². The molecule has 3 atom stereocenters. The molecule has 0 spiro atoms. The quantitative estimate of drug-likeness (QED) is 0.663. The first-order chi connectivity index (χ1) is 10.8. The minimum absolute atomic E-state index is 0.0136. The average Bonchev–Trinajstić information content (AvgIpc) is 2.74. The number of amides is 2. The van der Waals surface area contributed by atoms with Gasteiger partial charge in [-0.15, -0.1) is 0 Å². The van der Waals surface area contributed by atoms with Gasteiger partial charge in [0.05, 0.1) is 12.2 Å². The monoisotopic (exact) mass is 338 g/mol. The third-order valence-electron chi connectivity index (χ3n) is 3.98. The molecule has 2 unspecified atom stereocenters. The van der Waals surface area contributed by atoms with Gasteiger partial charge in [0.1, 0.15) is 12.1 Å². The molecule has 2 fully saturated rings. The van der Waals surface area contributed by atoms with Crippen molar-refractivity contribution < 1.29 is 27.9 Å². The molecule has 2 saturated heterocycles. The maximum Gasteiger partial charge on any atom is 0.327 e. The van der Waals surface area contributed by atoms with Crippen LogP contribution in [0.1, 0.15) is 5.56 Å². The molecule has 122 valence electrons. The Balaban J connectivity index is 1.72. The van der Waals surface area contributed by atoms with Crippen LogP contribution < -0.4 is 5.32 Å². The van der Waals surface area contributed by atoms with E-state index >= 15 is 0 Å². The van der Waals surface area contributed by atoms with Crippen molar-refractivity contribution >= 4 is 27.6 Å². The second-order valence-electron chi connectivity index (χ2n) is 5.53. The lowest BCUT2D eigenvalue weighted by Crippen LogP contribution is -2.72. The van der Waals surface area contributed by atoms with Crippen LogP contribution in [0.4, 0.5) is 0 Å². The van der Waals surface area contributed by atoms with E-state index in [1.807, 2.05) is 0 Å². The number of β-lactam (4-membered cyclic amide) rings is 1. The van der Waals surface area contributed by atoms with Gasteiger partial charge in [-0.2, -0.15) is 0 Å². The Morgan fingerprint density at radius 2 is 1.91 bits per heavy atom. The molecule has 0 radical (unpaired) electrons. The average molecular weight is 338 g/mol. The fraction of sp³-hybridized carbons (Fsp3) is 0.357. The highest BCUT2D eigenvalue weighted by molar-refractivity contribution is 7.92. The van der Waals surface area contributed by atoms with Gasteiger partial charge >= 0.3 is 5.97 Å². The Morgan fingerprint density at radius 1 is 1.26 bits per heavy atom. The minimum Gasteiger partial charge on any atom is -0.480 e. The third kappa shape index (κ3) is 2.56. The normalized spacial score (nSPS) is 27.9. The van der Waals surface area contributed by atoms with E-state index in [1.54, 1.807) is 30.3 Å². The highest BCUT2D eigenvalue weighted by atomic mass is 32.2. The topological polar surface area (TPSA) is 121 Å². The van der Waals surface area contributed by atoms with Gasteiger partial charge in [-0.25, -0.2) is 13.2 Å². The molecule has 0 aliphatic carbocycles. The van der Waals surface area contributed by atoms with E-state index in [2.05, 4.69) is 5.32 Å². The molecule has 1 aromatic rings. The summed E-state index contributed by atoms with van der Waals surface area (Å²) in [5, 5.41) is 10.1. The lowest BCUT2D eigenvalue weighted by atomic mass is 10.0. The first-order valence-electron chi connectivity index (χ1n) is 6.91. The van der Waals surface area contributed by atoms with Crippen LogP contribution in [0, 0.1) is 0 Å². The summed E-state index contributed by atoms with van der Waals surface area (Å²) in [4.78, 5) is 35.9. The predicted octanol–water partition coefficient (Wildman–Crippen LogP) is -1.24. The molecule has 0 saturated carbocycles. The SMILES string of the molecule is O=C(Cc1ccccc1)NC1C(=O)N2C(C(=O)O)CS(=O)(=O)[C@@H]12. The van der Waals surface area contributed by atoms with E-state index in [4.69, 9.17) is 5.11 Å². The van der Waals surface area contributed by atoms with Gasteiger partial charge in [-0.1, -0.05) is 30.3 Å². The van der Waals surface area contributed by atoms with Crippen molar-refractivity contribution in [2.24, 2.45) is 0 Å². The number of nitrogens with zero attached hydrogens (tertiary/aromatic N) is 1. The van der Waals surface area contributed by atoms with E-state index in [1.165, 1.54) is 0 Å². The molecule has 0 aromatic heterocycles. The second-order valence-corrected chi connectivity index (χ2v) is 7.67. The van der Waals surface area contributed by atoms with E-state index in [0.29, 0.717) is 0 Å². The molecule has 2 aliphatic rings. The zero-order valence-electron chi connectivity index (χ0n) is 11.9. The summed E-state index contributed by atoms with van der Waals surface area (Å²) in [7, 11) is -3.77. The second kappa shape index (κ2) is 5.34. The van der Waals surface area contributed by atoms with Crippen LogP contribution in [0.25, 0.3) is 0 Å². The highest BCUT2D eigenvalue weighted by Gasteiger charge is 2.64. The van der Waals surface area contributed by atoms with Crippen molar-refractivity contribution in [2.45, 2.75) is 23.9 Å². The standard InChI is InChI=1S/C14H14N2O6S/c17-10(6-8-4-2-1-3-5-8)15-11-12(18)16-9(14(19)20)7-23(21,22)13(11)16/h1-5,9,11,13H,6-7H2,(H,15,17)(H,19,20)/t9?,11?,13-/m0/s1. The minimum atomic E-state index is -3.77. The molecule has 2 amide bonds. The third-order valence-corrected chi connectivity index (χ3v) is 6.00. The van der Waals surface area contributed by atoms with Crippen LogP contribution in [-0.2, 0) is 30.6 Å². The molecule has 8 nitrogen and oxygen atoms in total. The van der Waals surface area contributed by atoms with Gasteiger partial charge in [0.25, 0.3) is 0 Å². The predicted molar refractivity (Wildman–Crippen MR) is 77.9 cm³/mol. The Kier molecular flexibility index (Phi) is 3.59. The fourth-order valence-electron chi connectivity index (χ4n) is 2.93. The number of carboxylic acid groups (broad SMARTS) is 1. The molecule has 2 aliphatic heterocycles. The van der Waals surface area contributed by atoms with Gasteiger partial charge in [-0.05, 0) is 5.56 Å². The summed E-state index contributed by atoms with van der Waals surface area (Å²) >= 11 is 0. The number of aliphatic carboxylic acids is 1. The largest absolute Gasteiger partial charge is 0.480 e. The van der Waals surface area contributed by atoms with Crippen LogP contribution in [0.15, 0.2) is 30.3 Å². The number of carboxylic acids is 1. The van der Waals surface area contributed by atoms with Crippen molar-refractivity contribution in [1.82, 2.24) is 10.2 Å². The number of nitrogens with one attached hydrogen (secondary N) is 1. The van der Waals surface area contributed by atoms with Crippen molar-refractivity contribution in [2.75, 3.05) is 5.75 Å². The maximum atomic E-state index is 12.0. The first kappa shape index (κ1) is 15.5. The summed E-state index contributed by atoms with van der Waals surface area (Å²) < 4.78 is 24.1. The van der Waals surface area contributed by atoms with Gasteiger partial charge < -0.3 is 15.3 Å². The van der Waals surface area contributed by atoms with Crippen molar-refractivity contribution in [3.05, 3.63) is 35.9 Å². The molecule has 2 N–H and O–H groups in total. The molecular weight excluding hydrogens is 324 g/mol. The van der Waals surface area contributed by atoms with Crippen molar-refractivity contribution in [3.8, 4) is 0 Å². The van der Waals surface area contributed by atoms with Crippen LogP contribution in [0.2, 0.25) is 0 Å². The number of hydrogen-bond acceptors (Lipinski definition) is 5. The number of carbonyl (C=O) groups excluding carboxylic acids is 2. The zero-order chi connectivity index (χ0) is 16.8. The fourth-order valence-corrected chi connectivity index (χ4v) is 5.06. The van der Waals surface area contributed by atoms with Crippen LogP contribution in [0.5, 0.6) is 0 Å². The molecular formula is C14H14N2O6S. The Hall–Kier alpha value is -2.42. The summed E-state index contributed by atoms with van der Waals surface area (Å²) in [6.07, 6.45) is 0.0136. The Morgan fingerprint density at radius 3 is 2.52 bits per heavy atom. The molecule has 0 bridgehead atoms. The number of hydrogen-bond donors (Lipinski definition) is 2. The maximum absolute atomic E-state index is 12.0. The highest BCUT2D eigenvalue weighted by Crippen LogP contribution is 2.35. The Bertz CT molecular complexity index is 776. The first-order valence-corrected chi connectivity index (χ1v) is 8.62. The summed E-state index contributed by atoms with van der Waals surface area (Å²) in [5.41, 5.74) is 0.728. The molecule has 1 aromatic carbocycles. The zero-order valence-corrected chi connectivity index (χ0v) is 12.7. The van der Waals surface area contributed by atoms with Crippen molar-refractivity contribution in [1.29, 1.82) is 0 Å². The smallest absolute Gasteiger partial charge is 0.327 e. The van der Waals surface area contributed by atoms with Gasteiger partial charge in [0.15, 0.2) is 15.2 Å². The summed E-state index contributed by atoms with van der Waals surface area (Å²) in [6, 6.07) is 6.21. The molecule has 2 heterocycles. The number of sulfone groups is 1. The number of carbonyl (C=O) groups is 3. The number of rotatable bonds is 4. The van der Waals surface area contributed by atoms with Gasteiger partial charge in [0.2, 0.25) is 11.8 Å². The van der Waals surface area contributed by atoms with E-state index < -0.39 is 50.8 Å². The molecule has 23 heavy (non-hydrogen) atoms. The Labute approximate surface area is 132 Å². The summed E-state index contributed by atoms with van der Waals surface area (Å²) in [6.45, 7) is 0. The van der Waals surface area contributed by atoms with Gasteiger partial charge in [-0.3, -0.25) is 9.59 Å². The van der Waals surface area contributed by atoms with Crippen molar-refractivity contribution in [3.63, 3.8) is 0 Å². The van der Waals surface area contributed by atoms with Gasteiger partial charge in [0, 0.05) is 0 Å². The molecule has 9 heteroatoms.